The van der Waals surface area contributed by atoms with Crippen LogP contribution in [0.4, 0.5) is 9.59 Å². The molecule has 0 aromatic heterocycles. The van der Waals surface area contributed by atoms with Gasteiger partial charge in [-0.2, -0.15) is 0 Å². The van der Waals surface area contributed by atoms with Crippen molar-refractivity contribution in [3.05, 3.63) is 102 Å². The highest BCUT2D eigenvalue weighted by atomic mass is 16.6. The largest absolute Gasteiger partial charge is 0.443 e. The molecule has 1 unspecified atom stereocenters. The van der Waals surface area contributed by atoms with Crippen LogP contribution in [-0.4, -0.2) is 53.7 Å². The molecule has 0 bridgehead atoms. The fourth-order valence-corrected chi connectivity index (χ4v) is 4.59. The first-order valence-electron chi connectivity index (χ1n) is 13.4. The van der Waals surface area contributed by atoms with Gasteiger partial charge in [0.15, 0.2) is 0 Å². The van der Waals surface area contributed by atoms with Crippen LogP contribution in [0.3, 0.4) is 0 Å². The minimum absolute atomic E-state index is 0.0861. The number of ether oxygens (including phenoxy) is 3. The zero-order chi connectivity index (χ0) is 28.2. The molecule has 0 spiro atoms. The molecular formula is C31H35N3O6. The van der Waals surface area contributed by atoms with Crippen molar-refractivity contribution in [3.63, 3.8) is 0 Å². The standard InChI is InChI=1S/C31H35N3O6/c1-24(35)40-29-16-8-14-25(20-29)17-19-33-18-9-15-28(21-33)34(31(37)39-23-27-12-6-3-7-13-27)32-30(36)38-22-26-10-4-2-5-11-26/h2-8,10-14,16,20,28H,9,15,17-19,21-23H2,1H3,(H,32,36). The van der Waals surface area contributed by atoms with Crippen molar-refractivity contribution in [3.8, 4) is 5.75 Å². The van der Waals surface area contributed by atoms with Crippen molar-refractivity contribution in [2.75, 3.05) is 19.6 Å². The second-order valence-electron chi connectivity index (χ2n) is 9.67. The number of hydrogen-bond donors (Lipinski definition) is 1. The first kappa shape index (κ1) is 28.6. The molecule has 40 heavy (non-hydrogen) atoms. The summed E-state index contributed by atoms with van der Waals surface area (Å²) in [6.45, 7) is 3.72. The quantitative estimate of drug-likeness (QED) is 0.227. The van der Waals surface area contributed by atoms with Crippen molar-refractivity contribution in [2.45, 2.75) is 45.4 Å². The highest BCUT2D eigenvalue weighted by Gasteiger charge is 2.31. The number of nitrogens with one attached hydrogen (secondary N) is 1. The van der Waals surface area contributed by atoms with Gasteiger partial charge >= 0.3 is 18.2 Å². The molecule has 0 radical (unpaired) electrons. The van der Waals surface area contributed by atoms with Gasteiger partial charge in [-0.3, -0.25) is 4.79 Å². The molecule has 9 nitrogen and oxygen atoms in total. The number of benzene rings is 3. The summed E-state index contributed by atoms with van der Waals surface area (Å²) in [7, 11) is 0. The summed E-state index contributed by atoms with van der Waals surface area (Å²) in [5.41, 5.74) is 5.38. The molecule has 1 atom stereocenters. The lowest BCUT2D eigenvalue weighted by atomic mass is 10.0. The molecule has 1 heterocycles. The molecule has 9 heteroatoms. The Bertz CT molecular complexity index is 1250. The smallest absolute Gasteiger partial charge is 0.429 e. The van der Waals surface area contributed by atoms with Crippen LogP contribution in [0, 0.1) is 0 Å². The minimum atomic E-state index is -0.722. The van der Waals surface area contributed by atoms with E-state index in [0.717, 1.165) is 42.6 Å². The van der Waals surface area contributed by atoms with E-state index in [1.165, 1.54) is 11.9 Å². The zero-order valence-corrected chi connectivity index (χ0v) is 22.7. The molecule has 1 aliphatic rings. The van der Waals surface area contributed by atoms with Crippen LogP contribution in [0.25, 0.3) is 0 Å². The summed E-state index contributed by atoms with van der Waals surface area (Å²) in [5.74, 6) is 0.164. The maximum atomic E-state index is 13.2. The van der Waals surface area contributed by atoms with Gasteiger partial charge < -0.3 is 19.1 Å². The van der Waals surface area contributed by atoms with Crippen molar-refractivity contribution in [2.24, 2.45) is 0 Å². The Morgan fingerprint density at radius 1 is 0.875 bits per heavy atom. The van der Waals surface area contributed by atoms with E-state index in [1.54, 1.807) is 6.07 Å². The topological polar surface area (TPSA) is 97.4 Å². The summed E-state index contributed by atoms with van der Waals surface area (Å²) in [6, 6.07) is 25.9. The van der Waals surface area contributed by atoms with E-state index in [9.17, 15) is 14.4 Å². The fourth-order valence-electron chi connectivity index (χ4n) is 4.59. The van der Waals surface area contributed by atoms with Crippen LogP contribution < -0.4 is 10.2 Å². The van der Waals surface area contributed by atoms with Crippen molar-refractivity contribution < 1.29 is 28.6 Å². The summed E-state index contributed by atoms with van der Waals surface area (Å²) < 4.78 is 16.2. The lowest BCUT2D eigenvalue weighted by molar-refractivity contribution is -0.131. The molecule has 1 saturated heterocycles. The van der Waals surface area contributed by atoms with E-state index >= 15 is 0 Å². The molecule has 1 aliphatic heterocycles. The van der Waals surface area contributed by atoms with E-state index in [4.69, 9.17) is 14.2 Å². The molecule has 1 fully saturated rings. The van der Waals surface area contributed by atoms with Crippen LogP contribution in [0.2, 0.25) is 0 Å². The van der Waals surface area contributed by atoms with E-state index < -0.39 is 12.2 Å². The molecule has 3 aromatic rings. The fraction of sp³-hybridized carbons (Fsp3) is 0.323. The Kier molecular flexibility index (Phi) is 10.5. The average Bonchev–Trinajstić information content (AvgIpc) is 2.97. The van der Waals surface area contributed by atoms with E-state index in [-0.39, 0.29) is 25.2 Å². The Morgan fingerprint density at radius 3 is 2.20 bits per heavy atom. The summed E-state index contributed by atoms with van der Waals surface area (Å²) in [5, 5.41) is 1.27. The molecule has 0 saturated carbocycles. The Morgan fingerprint density at radius 2 is 1.52 bits per heavy atom. The number of piperidine rings is 1. The van der Waals surface area contributed by atoms with Crippen molar-refractivity contribution in [1.82, 2.24) is 15.3 Å². The van der Waals surface area contributed by atoms with Gasteiger partial charge in [-0.25, -0.2) is 20.0 Å². The van der Waals surface area contributed by atoms with Crippen LogP contribution >= 0.6 is 0 Å². The van der Waals surface area contributed by atoms with Gasteiger partial charge in [-0.1, -0.05) is 72.8 Å². The summed E-state index contributed by atoms with van der Waals surface area (Å²) in [4.78, 5) is 39.5. The average molecular weight is 546 g/mol. The molecular weight excluding hydrogens is 510 g/mol. The number of nitrogens with zero attached hydrogens (tertiary/aromatic N) is 2. The number of rotatable bonds is 9. The van der Waals surface area contributed by atoms with E-state index in [2.05, 4.69) is 10.3 Å². The SMILES string of the molecule is CC(=O)Oc1cccc(CCN2CCCC(N(NC(=O)OCc3ccccc3)C(=O)OCc3ccccc3)C2)c1. The number of amides is 2. The van der Waals surface area contributed by atoms with Crippen LogP contribution in [0.15, 0.2) is 84.9 Å². The van der Waals surface area contributed by atoms with Gasteiger partial charge in [-0.05, 0) is 54.6 Å². The normalized spacial score (nSPS) is 15.1. The second kappa shape index (κ2) is 14.7. The molecule has 2 amide bonds. The molecule has 4 rings (SSSR count). The number of carbonyl (C=O) groups is 3. The van der Waals surface area contributed by atoms with Gasteiger partial charge in [0.05, 0.1) is 6.04 Å². The summed E-state index contributed by atoms with van der Waals surface area (Å²) in [6.07, 6.45) is 0.938. The van der Waals surface area contributed by atoms with Crippen molar-refractivity contribution in [1.29, 1.82) is 0 Å². The first-order valence-corrected chi connectivity index (χ1v) is 13.4. The molecule has 0 aliphatic carbocycles. The first-order chi connectivity index (χ1) is 19.5. The second-order valence-corrected chi connectivity index (χ2v) is 9.67. The monoisotopic (exact) mass is 545 g/mol. The minimum Gasteiger partial charge on any atom is -0.443 e. The predicted octanol–water partition coefficient (Wildman–Crippen LogP) is 5.10. The zero-order valence-electron chi connectivity index (χ0n) is 22.7. The predicted molar refractivity (Wildman–Crippen MR) is 149 cm³/mol. The Balaban J connectivity index is 1.38. The lowest BCUT2D eigenvalue weighted by Crippen LogP contribution is -2.57. The van der Waals surface area contributed by atoms with Gasteiger partial charge in [-0.15, -0.1) is 0 Å². The lowest BCUT2D eigenvalue weighted by Gasteiger charge is -2.38. The van der Waals surface area contributed by atoms with Crippen LogP contribution in [0.5, 0.6) is 5.75 Å². The highest BCUT2D eigenvalue weighted by Crippen LogP contribution is 2.19. The van der Waals surface area contributed by atoms with Gasteiger partial charge in [0, 0.05) is 20.0 Å². The van der Waals surface area contributed by atoms with E-state index in [0.29, 0.717) is 18.7 Å². The number of likely N-dealkylation sites (tertiary alicyclic amines) is 1. The molecule has 3 aromatic carbocycles. The number of hydrogen-bond acceptors (Lipinski definition) is 7. The van der Waals surface area contributed by atoms with Gasteiger partial charge in [0.2, 0.25) is 0 Å². The molecule has 210 valence electrons. The third-order valence-corrected chi connectivity index (χ3v) is 6.55. The number of esters is 1. The Labute approximate surface area is 234 Å². The summed E-state index contributed by atoms with van der Waals surface area (Å²) >= 11 is 0. The molecule has 1 N–H and O–H groups in total. The third-order valence-electron chi connectivity index (χ3n) is 6.55. The number of carbonyl (C=O) groups excluding carboxylic acids is 3. The van der Waals surface area contributed by atoms with Crippen LogP contribution in [0.1, 0.15) is 36.5 Å². The van der Waals surface area contributed by atoms with Crippen molar-refractivity contribution >= 4 is 18.2 Å². The maximum Gasteiger partial charge on any atom is 0.429 e. The number of hydrazine groups is 1. The Hall–Kier alpha value is -4.37. The highest BCUT2D eigenvalue weighted by molar-refractivity contribution is 5.74. The van der Waals surface area contributed by atoms with E-state index in [1.807, 2.05) is 78.9 Å². The van der Waals surface area contributed by atoms with Gasteiger partial charge in [0.1, 0.15) is 19.0 Å². The maximum absolute atomic E-state index is 13.2. The van der Waals surface area contributed by atoms with Gasteiger partial charge in [0.25, 0.3) is 0 Å². The third kappa shape index (κ3) is 9.13. The van der Waals surface area contributed by atoms with Crippen LogP contribution in [-0.2, 0) is 33.9 Å².